The molecule has 4 nitrogen and oxygen atoms in total. The van der Waals surface area contributed by atoms with Crippen LogP contribution in [-0.4, -0.2) is 24.1 Å². The van der Waals surface area contributed by atoms with Crippen LogP contribution in [0.1, 0.15) is 39.2 Å². The van der Waals surface area contributed by atoms with Gasteiger partial charge in [-0.15, -0.1) is 0 Å². The molecule has 112 valence electrons. The Balaban J connectivity index is 2.41. The van der Waals surface area contributed by atoms with Gasteiger partial charge in [0.2, 0.25) is 5.91 Å². The Morgan fingerprint density at radius 3 is 2.55 bits per heavy atom. The van der Waals surface area contributed by atoms with Gasteiger partial charge in [-0.25, -0.2) is 0 Å². The molecule has 0 aliphatic rings. The first-order chi connectivity index (χ1) is 9.35. The molecule has 1 rings (SSSR count). The largest absolute Gasteiger partial charge is 0.489 e. The van der Waals surface area contributed by atoms with Crippen molar-refractivity contribution in [3.8, 4) is 5.75 Å². The number of nitrogens with one attached hydrogen (secondary N) is 1. The molecular weight excluding hydrogens is 252 g/mol. The Labute approximate surface area is 121 Å². The Hall–Kier alpha value is -1.55. The van der Waals surface area contributed by atoms with Gasteiger partial charge in [0.15, 0.2) is 0 Å². The quantitative estimate of drug-likeness (QED) is 0.805. The summed E-state index contributed by atoms with van der Waals surface area (Å²) in [7, 11) is 0. The van der Waals surface area contributed by atoms with Crippen LogP contribution in [-0.2, 0) is 4.79 Å². The average molecular weight is 278 g/mol. The van der Waals surface area contributed by atoms with Crippen LogP contribution in [0.15, 0.2) is 24.3 Å². The van der Waals surface area contributed by atoms with Crippen molar-refractivity contribution in [3.05, 3.63) is 29.8 Å². The maximum absolute atomic E-state index is 12.0. The molecule has 0 aliphatic heterocycles. The van der Waals surface area contributed by atoms with Crippen molar-refractivity contribution in [1.29, 1.82) is 0 Å². The lowest BCUT2D eigenvalue weighted by Crippen LogP contribution is -2.53. The number of ether oxygens (including phenoxy) is 1. The summed E-state index contributed by atoms with van der Waals surface area (Å²) in [6, 6.07) is 7.85. The highest BCUT2D eigenvalue weighted by Crippen LogP contribution is 2.13. The Morgan fingerprint density at radius 2 is 2.00 bits per heavy atom. The Bertz CT molecular complexity index is 427. The maximum atomic E-state index is 12.0. The second-order valence-corrected chi connectivity index (χ2v) is 5.62. The van der Waals surface area contributed by atoms with Crippen molar-refractivity contribution in [2.75, 3.05) is 6.54 Å². The molecule has 3 N–H and O–H groups in total. The molecule has 1 aromatic rings. The number of hydrogen-bond donors (Lipinski definition) is 2. The van der Waals surface area contributed by atoms with Crippen molar-refractivity contribution in [2.45, 2.75) is 52.2 Å². The molecule has 0 aromatic heterocycles. The molecule has 0 bridgehead atoms. The van der Waals surface area contributed by atoms with E-state index in [-0.39, 0.29) is 12.0 Å². The van der Waals surface area contributed by atoms with E-state index in [4.69, 9.17) is 10.5 Å². The molecule has 0 fully saturated rings. The second kappa shape index (κ2) is 7.29. The predicted molar refractivity (Wildman–Crippen MR) is 81.8 cm³/mol. The summed E-state index contributed by atoms with van der Waals surface area (Å²) in [5, 5.41) is 2.85. The summed E-state index contributed by atoms with van der Waals surface area (Å²) < 4.78 is 5.74. The van der Waals surface area contributed by atoms with E-state index >= 15 is 0 Å². The third-order valence-electron chi connectivity index (χ3n) is 3.20. The molecule has 0 radical (unpaired) electrons. The normalized spacial score (nSPS) is 15.2. The van der Waals surface area contributed by atoms with E-state index < -0.39 is 5.54 Å². The molecule has 2 atom stereocenters. The van der Waals surface area contributed by atoms with Crippen LogP contribution in [0.2, 0.25) is 0 Å². The van der Waals surface area contributed by atoms with Gasteiger partial charge in [0.1, 0.15) is 11.9 Å². The summed E-state index contributed by atoms with van der Waals surface area (Å²) in [5.41, 5.74) is 6.36. The van der Waals surface area contributed by atoms with Gasteiger partial charge in [-0.05, 0) is 39.3 Å². The van der Waals surface area contributed by atoms with Gasteiger partial charge in [0.05, 0.1) is 12.1 Å². The smallest absolute Gasteiger partial charge is 0.239 e. The molecule has 0 heterocycles. The van der Waals surface area contributed by atoms with Crippen LogP contribution >= 0.6 is 0 Å². The summed E-state index contributed by atoms with van der Waals surface area (Å²) in [4.78, 5) is 12.0. The van der Waals surface area contributed by atoms with E-state index in [0.29, 0.717) is 13.0 Å². The molecule has 0 spiro atoms. The topological polar surface area (TPSA) is 64.4 Å². The molecule has 4 heteroatoms. The summed E-state index contributed by atoms with van der Waals surface area (Å²) in [5.74, 6) is 0.681. The zero-order valence-corrected chi connectivity index (χ0v) is 12.9. The highest BCUT2D eigenvalue weighted by molar-refractivity contribution is 5.85. The van der Waals surface area contributed by atoms with Gasteiger partial charge in [-0.3, -0.25) is 4.79 Å². The third kappa shape index (κ3) is 5.21. The number of rotatable bonds is 7. The van der Waals surface area contributed by atoms with Crippen molar-refractivity contribution in [3.63, 3.8) is 0 Å². The first-order valence-corrected chi connectivity index (χ1v) is 7.15. The first kappa shape index (κ1) is 16.5. The Morgan fingerprint density at radius 1 is 1.40 bits per heavy atom. The van der Waals surface area contributed by atoms with Gasteiger partial charge < -0.3 is 15.8 Å². The van der Waals surface area contributed by atoms with E-state index in [2.05, 4.69) is 5.32 Å². The fourth-order valence-corrected chi connectivity index (χ4v) is 1.96. The SMILES string of the molecule is CCCC(C)(N)C(=O)NCC(C)Oc1ccc(C)cc1. The first-order valence-electron chi connectivity index (χ1n) is 7.15. The zero-order valence-electron chi connectivity index (χ0n) is 12.9. The van der Waals surface area contributed by atoms with Crippen LogP contribution in [0, 0.1) is 6.92 Å². The number of carbonyl (C=O) groups is 1. The van der Waals surface area contributed by atoms with Gasteiger partial charge in [-0.1, -0.05) is 31.0 Å². The number of carbonyl (C=O) groups excluding carboxylic acids is 1. The fraction of sp³-hybridized carbons (Fsp3) is 0.562. The maximum Gasteiger partial charge on any atom is 0.239 e. The molecule has 1 amide bonds. The molecule has 0 aliphatic carbocycles. The monoisotopic (exact) mass is 278 g/mol. The number of benzene rings is 1. The van der Waals surface area contributed by atoms with Crippen LogP contribution in [0.5, 0.6) is 5.75 Å². The number of aryl methyl sites for hydroxylation is 1. The van der Waals surface area contributed by atoms with E-state index in [1.165, 1.54) is 5.56 Å². The van der Waals surface area contributed by atoms with E-state index in [1.54, 1.807) is 6.92 Å². The van der Waals surface area contributed by atoms with Crippen molar-refractivity contribution < 1.29 is 9.53 Å². The lowest BCUT2D eigenvalue weighted by molar-refractivity contribution is -0.126. The standard InChI is InChI=1S/C16H26N2O2/c1-5-10-16(4,17)15(19)18-11-13(3)20-14-8-6-12(2)7-9-14/h6-9,13H,5,10-11,17H2,1-4H3,(H,18,19). The molecule has 1 aromatic carbocycles. The highest BCUT2D eigenvalue weighted by Gasteiger charge is 2.27. The molecule has 20 heavy (non-hydrogen) atoms. The molecule has 2 unspecified atom stereocenters. The fourth-order valence-electron chi connectivity index (χ4n) is 1.96. The van der Waals surface area contributed by atoms with Crippen molar-refractivity contribution in [1.82, 2.24) is 5.32 Å². The molecule has 0 saturated heterocycles. The number of amides is 1. The minimum absolute atomic E-state index is 0.0981. The van der Waals surface area contributed by atoms with E-state index in [9.17, 15) is 4.79 Å². The van der Waals surface area contributed by atoms with Crippen LogP contribution in [0.25, 0.3) is 0 Å². The zero-order chi connectivity index (χ0) is 15.2. The number of nitrogens with two attached hydrogens (primary N) is 1. The summed E-state index contributed by atoms with van der Waals surface area (Å²) >= 11 is 0. The van der Waals surface area contributed by atoms with Crippen molar-refractivity contribution >= 4 is 5.91 Å². The molecule has 0 saturated carbocycles. The lowest BCUT2D eigenvalue weighted by Gasteiger charge is -2.24. The minimum Gasteiger partial charge on any atom is -0.489 e. The second-order valence-electron chi connectivity index (χ2n) is 5.62. The number of hydrogen-bond acceptors (Lipinski definition) is 3. The van der Waals surface area contributed by atoms with Crippen molar-refractivity contribution in [2.24, 2.45) is 5.73 Å². The van der Waals surface area contributed by atoms with Gasteiger partial charge in [0.25, 0.3) is 0 Å². The lowest BCUT2D eigenvalue weighted by atomic mass is 9.96. The van der Waals surface area contributed by atoms with E-state index in [1.807, 2.05) is 45.0 Å². The minimum atomic E-state index is -0.807. The molecular formula is C16H26N2O2. The highest BCUT2D eigenvalue weighted by atomic mass is 16.5. The van der Waals surface area contributed by atoms with Gasteiger partial charge in [-0.2, -0.15) is 0 Å². The summed E-state index contributed by atoms with van der Waals surface area (Å²) in [6.45, 7) is 8.18. The predicted octanol–water partition coefficient (Wildman–Crippen LogP) is 2.40. The third-order valence-corrected chi connectivity index (χ3v) is 3.20. The van der Waals surface area contributed by atoms with Gasteiger partial charge in [0, 0.05) is 0 Å². The van der Waals surface area contributed by atoms with Gasteiger partial charge >= 0.3 is 0 Å². The van der Waals surface area contributed by atoms with Crippen LogP contribution < -0.4 is 15.8 Å². The summed E-state index contributed by atoms with van der Waals surface area (Å²) in [6.07, 6.45) is 1.46. The van der Waals surface area contributed by atoms with Crippen LogP contribution in [0.3, 0.4) is 0 Å². The Kier molecular flexibility index (Phi) is 6.02. The van der Waals surface area contributed by atoms with E-state index in [0.717, 1.165) is 12.2 Å². The van der Waals surface area contributed by atoms with Crippen LogP contribution in [0.4, 0.5) is 0 Å². The average Bonchev–Trinajstić information content (AvgIpc) is 2.38.